The van der Waals surface area contributed by atoms with Crippen LogP contribution in [0.3, 0.4) is 0 Å². The molecule has 0 bridgehead atoms. The van der Waals surface area contributed by atoms with Gasteiger partial charge in [0.25, 0.3) is 0 Å². The molecular formula is C17H17NO. The molecule has 0 unspecified atom stereocenters. The van der Waals surface area contributed by atoms with Crippen LogP contribution in [0.25, 0.3) is 0 Å². The molecule has 0 aromatic heterocycles. The number of aryl methyl sites for hydroxylation is 1. The van der Waals surface area contributed by atoms with Gasteiger partial charge in [-0.2, -0.15) is 0 Å². The Balaban J connectivity index is 2.01. The first-order chi connectivity index (χ1) is 9.28. The summed E-state index contributed by atoms with van der Waals surface area (Å²) < 4.78 is 5.73. The first-order valence-corrected chi connectivity index (χ1v) is 6.25. The van der Waals surface area contributed by atoms with Gasteiger partial charge < -0.3 is 10.5 Å². The van der Waals surface area contributed by atoms with E-state index >= 15 is 0 Å². The molecule has 0 saturated heterocycles. The summed E-state index contributed by atoms with van der Waals surface area (Å²) in [4.78, 5) is 0. The molecule has 0 aliphatic rings. The van der Waals surface area contributed by atoms with Gasteiger partial charge in [-0.1, -0.05) is 41.7 Å². The highest BCUT2D eigenvalue weighted by atomic mass is 16.5. The van der Waals surface area contributed by atoms with E-state index in [4.69, 9.17) is 10.5 Å². The zero-order valence-electron chi connectivity index (χ0n) is 11.0. The lowest BCUT2D eigenvalue weighted by molar-refractivity contribution is 0.306. The van der Waals surface area contributed by atoms with Gasteiger partial charge in [0.1, 0.15) is 12.4 Å². The first kappa shape index (κ1) is 13.2. The second-order valence-electron chi connectivity index (χ2n) is 4.31. The van der Waals surface area contributed by atoms with Crippen LogP contribution in [0, 0.1) is 18.8 Å². The van der Waals surface area contributed by atoms with Crippen LogP contribution in [0.5, 0.6) is 5.75 Å². The maximum atomic E-state index is 5.73. The predicted octanol–water partition coefficient (Wildman–Crippen LogP) is 2.88. The SMILES string of the molecule is Cc1ccc(OCc2cccc(C#CCN)c2)cc1. The zero-order chi connectivity index (χ0) is 13.5. The molecule has 2 nitrogen and oxygen atoms in total. The third kappa shape index (κ3) is 4.17. The number of nitrogens with two attached hydrogens (primary N) is 1. The Morgan fingerprint density at radius 1 is 1.11 bits per heavy atom. The van der Waals surface area contributed by atoms with E-state index < -0.39 is 0 Å². The van der Waals surface area contributed by atoms with Crippen molar-refractivity contribution in [3.63, 3.8) is 0 Å². The van der Waals surface area contributed by atoms with E-state index in [-0.39, 0.29) is 0 Å². The fourth-order valence-electron chi connectivity index (χ4n) is 1.69. The van der Waals surface area contributed by atoms with E-state index in [1.807, 2.05) is 48.5 Å². The molecule has 0 saturated carbocycles. The molecule has 0 amide bonds. The van der Waals surface area contributed by atoms with Crippen LogP contribution in [0.1, 0.15) is 16.7 Å². The normalized spacial score (nSPS) is 9.58. The van der Waals surface area contributed by atoms with Crippen LogP contribution in [-0.4, -0.2) is 6.54 Å². The highest BCUT2D eigenvalue weighted by Crippen LogP contribution is 2.14. The Hall–Kier alpha value is -2.24. The van der Waals surface area contributed by atoms with Crippen molar-refractivity contribution in [2.45, 2.75) is 13.5 Å². The fraction of sp³-hybridized carbons (Fsp3) is 0.176. The molecule has 2 rings (SSSR count). The van der Waals surface area contributed by atoms with Crippen LogP contribution in [-0.2, 0) is 6.61 Å². The molecule has 2 heteroatoms. The van der Waals surface area contributed by atoms with E-state index in [9.17, 15) is 0 Å². The number of benzene rings is 2. The van der Waals surface area contributed by atoms with E-state index in [0.29, 0.717) is 13.2 Å². The molecule has 0 radical (unpaired) electrons. The number of hydrogen-bond acceptors (Lipinski definition) is 2. The summed E-state index contributed by atoms with van der Waals surface area (Å²) in [7, 11) is 0. The van der Waals surface area contributed by atoms with Crippen molar-refractivity contribution in [3.8, 4) is 17.6 Å². The van der Waals surface area contributed by atoms with Gasteiger partial charge in [0, 0.05) is 5.56 Å². The molecule has 96 valence electrons. The summed E-state index contributed by atoms with van der Waals surface area (Å²) in [6.45, 7) is 2.98. The van der Waals surface area contributed by atoms with Gasteiger partial charge in [0.05, 0.1) is 6.54 Å². The number of hydrogen-bond donors (Lipinski definition) is 1. The minimum atomic E-state index is 0.379. The summed E-state index contributed by atoms with van der Waals surface area (Å²) in [5, 5.41) is 0. The lowest BCUT2D eigenvalue weighted by Crippen LogP contribution is -1.96. The quantitative estimate of drug-likeness (QED) is 0.851. The largest absolute Gasteiger partial charge is 0.489 e. The second-order valence-corrected chi connectivity index (χ2v) is 4.31. The standard InChI is InChI=1S/C17H17NO/c1-14-7-9-17(10-8-14)19-13-16-5-2-4-15(12-16)6-3-11-18/h2,4-5,7-10,12H,11,13,18H2,1H3. The van der Waals surface area contributed by atoms with Crippen LogP contribution in [0.4, 0.5) is 0 Å². The van der Waals surface area contributed by atoms with Crippen LogP contribution >= 0.6 is 0 Å². The van der Waals surface area contributed by atoms with Crippen molar-refractivity contribution in [1.82, 2.24) is 0 Å². The lowest BCUT2D eigenvalue weighted by Gasteiger charge is -2.06. The Labute approximate surface area is 114 Å². The Morgan fingerprint density at radius 3 is 2.63 bits per heavy atom. The lowest BCUT2D eigenvalue weighted by atomic mass is 10.1. The van der Waals surface area contributed by atoms with Crippen molar-refractivity contribution in [3.05, 3.63) is 65.2 Å². The van der Waals surface area contributed by atoms with E-state index in [2.05, 4.69) is 18.8 Å². The Kier molecular flexibility index (Phi) is 4.60. The Morgan fingerprint density at radius 2 is 1.89 bits per heavy atom. The second kappa shape index (κ2) is 6.63. The van der Waals surface area contributed by atoms with Gasteiger partial charge in [-0.15, -0.1) is 0 Å². The van der Waals surface area contributed by atoms with Crippen molar-refractivity contribution >= 4 is 0 Å². The summed E-state index contributed by atoms with van der Waals surface area (Å²) >= 11 is 0. The topological polar surface area (TPSA) is 35.2 Å². The average Bonchev–Trinajstić information content (AvgIpc) is 2.45. The molecule has 2 aromatic rings. The zero-order valence-corrected chi connectivity index (χ0v) is 11.0. The monoisotopic (exact) mass is 251 g/mol. The fourth-order valence-corrected chi connectivity index (χ4v) is 1.69. The molecule has 2 N–H and O–H groups in total. The van der Waals surface area contributed by atoms with Gasteiger partial charge in [0.15, 0.2) is 0 Å². The highest BCUT2D eigenvalue weighted by molar-refractivity contribution is 5.37. The van der Waals surface area contributed by atoms with Gasteiger partial charge in [-0.05, 0) is 36.8 Å². The molecular weight excluding hydrogens is 234 g/mol. The van der Waals surface area contributed by atoms with Crippen molar-refractivity contribution in [2.75, 3.05) is 6.54 Å². The van der Waals surface area contributed by atoms with Crippen LogP contribution in [0.15, 0.2) is 48.5 Å². The summed E-state index contributed by atoms with van der Waals surface area (Å²) in [5.74, 6) is 6.75. The third-order valence-corrected chi connectivity index (χ3v) is 2.69. The van der Waals surface area contributed by atoms with Gasteiger partial charge in [-0.25, -0.2) is 0 Å². The molecule has 0 fully saturated rings. The van der Waals surface area contributed by atoms with Crippen molar-refractivity contribution < 1.29 is 4.74 Å². The van der Waals surface area contributed by atoms with E-state index in [1.165, 1.54) is 5.56 Å². The molecule has 0 spiro atoms. The minimum Gasteiger partial charge on any atom is -0.489 e. The Bertz CT molecular complexity index is 591. The third-order valence-electron chi connectivity index (χ3n) is 2.69. The molecule has 0 aliphatic heterocycles. The van der Waals surface area contributed by atoms with Crippen molar-refractivity contribution in [1.29, 1.82) is 0 Å². The van der Waals surface area contributed by atoms with Crippen LogP contribution < -0.4 is 10.5 Å². The molecule has 0 aliphatic carbocycles. The van der Waals surface area contributed by atoms with Gasteiger partial charge in [-0.3, -0.25) is 0 Å². The maximum Gasteiger partial charge on any atom is 0.119 e. The molecule has 19 heavy (non-hydrogen) atoms. The predicted molar refractivity (Wildman–Crippen MR) is 77.9 cm³/mol. The maximum absolute atomic E-state index is 5.73. The summed E-state index contributed by atoms with van der Waals surface area (Å²) in [5.41, 5.74) is 8.66. The summed E-state index contributed by atoms with van der Waals surface area (Å²) in [6.07, 6.45) is 0. The van der Waals surface area contributed by atoms with Gasteiger partial charge >= 0.3 is 0 Å². The average molecular weight is 251 g/mol. The van der Waals surface area contributed by atoms with Crippen LogP contribution in [0.2, 0.25) is 0 Å². The van der Waals surface area contributed by atoms with Crippen molar-refractivity contribution in [2.24, 2.45) is 5.73 Å². The molecule has 0 heterocycles. The van der Waals surface area contributed by atoms with E-state index in [1.54, 1.807) is 0 Å². The van der Waals surface area contributed by atoms with Gasteiger partial charge in [0.2, 0.25) is 0 Å². The number of rotatable bonds is 3. The highest BCUT2D eigenvalue weighted by Gasteiger charge is 1.97. The molecule has 2 aromatic carbocycles. The molecule has 0 atom stereocenters. The smallest absolute Gasteiger partial charge is 0.119 e. The first-order valence-electron chi connectivity index (χ1n) is 6.25. The number of ether oxygens (including phenoxy) is 1. The minimum absolute atomic E-state index is 0.379. The van der Waals surface area contributed by atoms with E-state index in [0.717, 1.165) is 16.9 Å². The summed E-state index contributed by atoms with van der Waals surface area (Å²) in [6, 6.07) is 16.0.